The molecule has 2 heterocycles. The van der Waals surface area contributed by atoms with Crippen LogP contribution in [0.25, 0.3) is 22.0 Å². The molecular formula is C27H28F2N4O. The largest absolute Gasteiger partial charge is 0.349 e. The molecule has 0 saturated heterocycles. The van der Waals surface area contributed by atoms with Crippen LogP contribution in [0.1, 0.15) is 53.6 Å². The van der Waals surface area contributed by atoms with Crippen LogP contribution in [0.4, 0.5) is 8.78 Å². The van der Waals surface area contributed by atoms with E-state index in [2.05, 4.69) is 10.4 Å². The van der Waals surface area contributed by atoms with Crippen molar-refractivity contribution in [3.05, 3.63) is 77.2 Å². The second-order valence-corrected chi connectivity index (χ2v) is 9.28. The molecule has 0 spiro atoms. The van der Waals surface area contributed by atoms with E-state index in [0.717, 1.165) is 42.4 Å². The monoisotopic (exact) mass is 462 g/mol. The molecule has 2 aromatic carbocycles. The predicted molar refractivity (Wildman–Crippen MR) is 129 cm³/mol. The van der Waals surface area contributed by atoms with Crippen molar-refractivity contribution in [2.45, 2.75) is 51.6 Å². The Kier molecular flexibility index (Phi) is 5.94. The van der Waals surface area contributed by atoms with Gasteiger partial charge in [0.05, 0.1) is 23.8 Å². The molecule has 0 unspecified atom stereocenters. The summed E-state index contributed by atoms with van der Waals surface area (Å²) in [6.45, 7) is 2.07. The van der Waals surface area contributed by atoms with Crippen molar-refractivity contribution in [1.82, 2.24) is 19.7 Å². The number of carbonyl (C=O) groups excluding carboxylic acids is 1. The average molecular weight is 463 g/mol. The van der Waals surface area contributed by atoms with Crippen molar-refractivity contribution >= 4 is 16.8 Å². The number of carbonyl (C=O) groups is 1. The third-order valence-corrected chi connectivity index (χ3v) is 6.79. The number of aromatic nitrogens is 3. The van der Waals surface area contributed by atoms with Gasteiger partial charge in [0.15, 0.2) is 0 Å². The Balaban J connectivity index is 1.50. The summed E-state index contributed by atoms with van der Waals surface area (Å²) in [6, 6.07) is 8.28. The molecular weight excluding hydrogens is 434 g/mol. The molecule has 176 valence electrons. The normalized spacial score (nSPS) is 14.6. The molecule has 7 heteroatoms. The van der Waals surface area contributed by atoms with Gasteiger partial charge in [0.25, 0.3) is 5.91 Å². The van der Waals surface area contributed by atoms with Gasteiger partial charge in [-0.1, -0.05) is 37.5 Å². The van der Waals surface area contributed by atoms with Gasteiger partial charge in [0.2, 0.25) is 0 Å². The fraction of sp³-hybridized carbons (Fsp3) is 0.333. The summed E-state index contributed by atoms with van der Waals surface area (Å²) < 4.78 is 33.5. The molecule has 4 aromatic rings. The van der Waals surface area contributed by atoms with Crippen LogP contribution >= 0.6 is 0 Å². The number of halogens is 2. The topological polar surface area (TPSA) is 51.9 Å². The lowest BCUT2D eigenvalue weighted by molar-refractivity contribution is 0.0929. The molecule has 0 bridgehead atoms. The number of fused-ring (bicyclic) bond motifs is 1. The highest BCUT2D eigenvalue weighted by Gasteiger charge is 2.23. The lowest BCUT2D eigenvalue weighted by Gasteiger charge is -2.22. The van der Waals surface area contributed by atoms with Crippen molar-refractivity contribution < 1.29 is 13.6 Å². The maximum atomic E-state index is 15.1. The second-order valence-electron chi connectivity index (χ2n) is 9.28. The summed E-state index contributed by atoms with van der Waals surface area (Å²) in [5.41, 5.74) is 3.78. The van der Waals surface area contributed by atoms with Crippen LogP contribution in [0.5, 0.6) is 0 Å². The third-order valence-electron chi connectivity index (χ3n) is 6.79. The maximum Gasteiger partial charge on any atom is 0.253 e. The Morgan fingerprint density at radius 1 is 1.06 bits per heavy atom. The van der Waals surface area contributed by atoms with E-state index in [4.69, 9.17) is 0 Å². The first-order valence-electron chi connectivity index (χ1n) is 11.8. The number of benzene rings is 2. The first-order valence-corrected chi connectivity index (χ1v) is 11.8. The first-order chi connectivity index (χ1) is 16.4. The van der Waals surface area contributed by atoms with Crippen molar-refractivity contribution in [3.63, 3.8) is 0 Å². The zero-order chi connectivity index (χ0) is 23.8. The van der Waals surface area contributed by atoms with Gasteiger partial charge in [-0.25, -0.2) is 8.78 Å². The molecule has 5 nitrogen and oxygen atoms in total. The Hall–Kier alpha value is -3.48. The SMILES string of the molecule is Cc1ccc(F)c2c(C(=O)NC3CCCCC3)cn(Cc3ccc(-c4cnn(C)c4)cc3F)c12. The van der Waals surface area contributed by atoms with Gasteiger partial charge < -0.3 is 9.88 Å². The van der Waals surface area contributed by atoms with E-state index in [-0.39, 0.29) is 24.3 Å². The summed E-state index contributed by atoms with van der Waals surface area (Å²) in [6.07, 6.45) is 10.4. The van der Waals surface area contributed by atoms with Crippen LogP contribution in [0.2, 0.25) is 0 Å². The minimum atomic E-state index is -0.444. The van der Waals surface area contributed by atoms with Gasteiger partial charge in [-0.3, -0.25) is 9.48 Å². The van der Waals surface area contributed by atoms with Crippen molar-refractivity contribution in [1.29, 1.82) is 0 Å². The standard InChI is InChI=1S/C27H28F2N4O/c1-17-8-11-23(28)25-22(27(34)31-21-6-4-3-5-7-21)16-33(26(17)25)15-19-10-9-18(12-24(19)29)20-13-30-32(2)14-20/h8-14,16,21H,3-7,15H2,1-2H3,(H,31,34). The Bertz CT molecular complexity index is 1360. The Labute approximate surface area is 197 Å². The third kappa shape index (κ3) is 4.22. The van der Waals surface area contributed by atoms with Crippen LogP contribution in [0.15, 0.2) is 48.9 Å². The second kappa shape index (κ2) is 9.05. The number of nitrogens with zero attached hydrogens (tertiary/aromatic N) is 3. The highest BCUT2D eigenvalue weighted by atomic mass is 19.1. The average Bonchev–Trinajstić information content (AvgIpc) is 3.43. The number of hydrogen-bond donors (Lipinski definition) is 1. The lowest BCUT2D eigenvalue weighted by atomic mass is 9.95. The highest BCUT2D eigenvalue weighted by molar-refractivity contribution is 6.08. The number of aryl methyl sites for hydroxylation is 2. The lowest BCUT2D eigenvalue weighted by Crippen LogP contribution is -2.36. The minimum absolute atomic E-state index is 0.116. The summed E-state index contributed by atoms with van der Waals surface area (Å²) in [5, 5.41) is 7.52. The molecule has 0 aliphatic heterocycles. The van der Waals surface area contributed by atoms with E-state index in [1.54, 1.807) is 33.8 Å². The predicted octanol–water partition coefficient (Wildman–Crippen LogP) is 5.74. The number of rotatable bonds is 5. The van der Waals surface area contributed by atoms with Crippen LogP contribution in [-0.4, -0.2) is 26.3 Å². The van der Waals surface area contributed by atoms with Gasteiger partial charge in [0.1, 0.15) is 11.6 Å². The fourth-order valence-electron chi connectivity index (χ4n) is 5.00. The molecule has 34 heavy (non-hydrogen) atoms. The van der Waals surface area contributed by atoms with Crippen LogP contribution < -0.4 is 5.32 Å². The molecule has 2 aromatic heterocycles. The van der Waals surface area contributed by atoms with E-state index < -0.39 is 5.82 Å². The number of hydrogen-bond acceptors (Lipinski definition) is 2. The quantitative estimate of drug-likeness (QED) is 0.411. The van der Waals surface area contributed by atoms with Crippen LogP contribution in [0, 0.1) is 18.6 Å². The van der Waals surface area contributed by atoms with E-state index in [1.807, 2.05) is 26.2 Å². The maximum absolute atomic E-state index is 15.1. The zero-order valence-corrected chi connectivity index (χ0v) is 19.4. The molecule has 1 N–H and O–H groups in total. The van der Waals surface area contributed by atoms with Gasteiger partial charge in [-0.2, -0.15) is 5.10 Å². The summed E-state index contributed by atoms with van der Waals surface area (Å²) in [5.74, 6) is -1.07. The van der Waals surface area contributed by atoms with Crippen LogP contribution in [0.3, 0.4) is 0 Å². The van der Waals surface area contributed by atoms with E-state index in [0.29, 0.717) is 22.0 Å². The van der Waals surface area contributed by atoms with Crippen molar-refractivity contribution in [2.24, 2.45) is 7.05 Å². The number of amides is 1. The number of nitrogens with one attached hydrogen (secondary N) is 1. The summed E-state index contributed by atoms with van der Waals surface area (Å²) in [7, 11) is 1.81. The van der Waals surface area contributed by atoms with Gasteiger partial charge >= 0.3 is 0 Å². The molecule has 1 amide bonds. The Morgan fingerprint density at radius 3 is 2.56 bits per heavy atom. The molecule has 1 fully saturated rings. The molecule has 0 atom stereocenters. The van der Waals surface area contributed by atoms with Crippen molar-refractivity contribution in [3.8, 4) is 11.1 Å². The summed E-state index contributed by atoms with van der Waals surface area (Å²) in [4.78, 5) is 13.2. The van der Waals surface area contributed by atoms with E-state index >= 15 is 4.39 Å². The van der Waals surface area contributed by atoms with Crippen LogP contribution in [-0.2, 0) is 13.6 Å². The van der Waals surface area contributed by atoms with E-state index in [9.17, 15) is 9.18 Å². The van der Waals surface area contributed by atoms with E-state index in [1.165, 1.54) is 18.6 Å². The van der Waals surface area contributed by atoms with Gasteiger partial charge in [-0.15, -0.1) is 0 Å². The minimum Gasteiger partial charge on any atom is -0.349 e. The zero-order valence-electron chi connectivity index (χ0n) is 19.4. The molecule has 1 aliphatic carbocycles. The molecule has 1 aliphatic rings. The molecule has 5 rings (SSSR count). The molecule has 1 saturated carbocycles. The van der Waals surface area contributed by atoms with Gasteiger partial charge in [-0.05, 0) is 43.0 Å². The molecule has 0 radical (unpaired) electrons. The fourth-order valence-corrected chi connectivity index (χ4v) is 5.00. The summed E-state index contributed by atoms with van der Waals surface area (Å²) >= 11 is 0. The smallest absolute Gasteiger partial charge is 0.253 e. The van der Waals surface area contributed by atoms with Gasteiger partial charge in [0, 0.05) is 42.0 Å². The van der Waals surface area contributed by atoms with Crippen molar-refractivity contribution in [2.75, 3.05) is 0 Å². The Morgan fingerprint density at radius 2 is 1.85 bits per heavy atom. The highest BCUT2D eigenvalue weighted by Crippen LogP contribution is 2.30. The first kappa shape index (κ1) is 22.3.